The third-order valence-corrected chi connectivity index (χ3v) is 1.36. The number of nitrogens with zero attached hydrogens (tertiary/aromatic N) is 2. The minimum atomic E-state index is -2.98. The van der Waals surface area contributed by atoms with Crippen molar-refractivity contribution in [3.05, 3.63) is 23.0 Å². The minimum absolute atomic E-state index is 0.0539. The van der Waals surface area contributed by atoms with Crippen LogP contribution in [-0.2, 0) is 0 Å². The number of rotatable bonds is 2. The first kappa shape index (κ1) is 9.68. The first-order valence-electron chi connectivity index (χ1n) is 3.15. The predicted octanol–water partition coefficient (Wildman–Crippen LogP) is 2.21. The van der Waals surface area contributed by atoms with E-state index in [4.69, 9.17) is 16.9 Å². The van der Waals surface area contributed by atoms with Crippen molar-refractivity contribution in [1.82, 2.24) is 4.98 Å². The van der Waals surface area contributed by atoms with Gasteiger partial charge in [-0.05, 0) is 12.1 Å². The van der Waals surface area contributed by atoms with Gasteiger partial charge in [0, 0.05) is 0 Å². The van der Waals surface area contributed by atoms with Crippen molar-refractivity contribution in [2.45, 2.75) is 6.61 Å². The third-order valence-electron chi connectivity index (χ3n) is 1.15. The molecule has 1 aromatic heterocycles. The molecule has 68 valence electrons. The van der Waals surface area contributed by atoms with Crippen molar-refractivity contribution in [1.29, 1.82) is 5.26 Å². The molecule has 0 radical (unpaired) electrons. The van der Waals surface area contributed by atoms with Gasteiger partial charge in [0.1, 0.15) is 11.2 Å². The molecule has 0 bridgehead atoms. The van der Waals surface area contributed by atoms with Crippen LogP contribution in [-0.4, -0.2) is 11.6 Å². The van der Waals surface area contributed by atoms with Crippen LogP contribution >= 0.6 is 11.6 Å². The Morgan fingerprint density at radius 2 is 2.23 bits per heavy atom. The van der Waals surface area contributed by atoms with Gasteiger partial charge in [-0.15, -0.1) is 0 Å². The Morgan fingerprint density at radius 3 is 2.77 bits per heavy atom. The van der Waals surface area contributed by atoms with E-state index in [1.165, 1.54) is 12.1 Å². The first-order chi connectivity index (χ1) is 6.13. The fraction of sp³-hybridized carbons (Fsp3) is 0.143. The van der Waals surface area contributed by atoms with Gasteiger partial charge in [-0.2, -0.15) is 14.0 Å². The fourth-order valence-electron chi connectivity index (χ4n) is 0.694. The summed E-state index contributed by atoms with van der Waals surface area (Å²) in [6.45, 7) is -2.98. The van der Waals surface area contributed by atoms with Crippen LogP contribution in [0.5, 0.6) is 5.75 Å². The average molecular weight is 205 g/mol. The largest absolute Gasteiger partial charge is 0.432 e. The topological polar surface area (TPSA) is 45.9 Å². The highest BCUT2D eigenvalue weighted by Crippen LogP contribution is 2.20. The van der Waals surface area contributed by atoms with Gasteiger partial charge in [-0.25, -0.2) is 4.98 Å². The lowest BCUT2D eigenvalue weighted by atomic mass is 10.3. The van der Waals surface area contributed by atoms with E-state index in [0.717, 1.165) is 0 Å². The lowest BCUT2D eigenvalue weighted by molar-refractivity contribution is -0.0502. The number of ether oxygens (including phenoxy) is 1. The zero-order valence-corrected chi connectivity index (χ0v) is 6.92. The van der Waals surface area contributed by atoms with E-state index < -0.39 is 6.61 Å². The second-order valence-corrected chi connectivity index (χ2v) is 2.36. The highest BCUT2D eigenvalue weighted by Gasteiger charge is 2.10. The van der Waals surface area contributed by atoms with Crippen molar-refractivity contribution in [3.8, 4) is 11.8 Å². The third kappa shape index (κ3) is 2.53. The van der Waals surface area contributed by atoms with E-state index in [9.17, 15) is 8.78 Å². The van der Waals surface area contributed by atoms with Crippen LogP contribution in [0.2, 0.25) is 5.15 Å². The molecule has 1 heterocycles. The highest BCUT2D eigenvalue weighted by molar-refractivity contribution is 6.29. The molecule has 0 amide bonds. The SMILES string of the molecule is N#Cc1nc(Cl)ccc1OC(F)F. The summed E-state index contributed by atoms with van der Waals surface area (Å²) in [4.78, 5) is 3.49. The molecular formula is C7H3ClF2N2O. The number of aromatic nitrogens is 1. The molecule has 0 spiro atoms. The van der Waals surface area contributed by atoms with Crippen LogP contribution < -0.4 is 4.74 Å². The standard InChI is InChI=1S/C7H3ClF2N2O/c8-6-2-1-5(13-7(9)10)4(3-11)12-6/h1-2,7H. The summed E-state index contributed by atoms with van der Waals surface area (Å²) in [5, 5.41) is 8.51. The number of halogens is 3. The Bertz CT molecular complexity index is 351. The lowest BCUT2D eigenvalue weighted by Gasteiger charge is -2.04. The zero-order valence-electron chi connectivity index (χ0n) is 6.17. The van der Waals surface area contributed by atoms with Crippen molar-refractivity contribution in [2.24, 2.45) is 0 Å². The molecule has 6 heteroatoms. The van der Waals surface area contributed by atoms with Gasteiger partial charge in [0.15, 0.2) is 11.4 Å². The Balaban J connectivity index is 3.01. The van der Waals surface area contributed by atoms with E-state index in [1.807, 2.05) is 0 Å². The summed E-state index contributed by atoms with van der Waals surface area (Å²) < 4.78 is 27.5. The van der Waals surface area contributed by atoms with Crippen LogP contribution in [0.3, 0.4) is 0 Å². The van der Waals surface area contributed by atoms with Gasteiger partial charge in [0.2, 0.25) is 0 Å². The predicted molar refractivity (Wildman–Crippen MR) is 40.6 cm³/mol. The normalized spacial score (nSPS) is 9.77. The second kappa shape index (κ2) is 4.01. The summed E-state index contributed by atoms with van der Waals surface area (Å²) in [6, 6.07) is 4.02. The van der Waals surface area contributed by atoms with Crippen LogP contribution in [0.15, 0.2) is 12.1 Å². The van der Waals surface area contributed by atoms with Crippen LogP contribution in [0.25, 0.3) is 0 Å². The minimum Gasteiger partial charge on any atom is -0.432 e. The molecule has 1 aromatic rings. The van der Waals surface area contributed by atoms with E-state index in [2.05, 4.69) is 9.72 Å². The van der Waals surface area contributed by atoms with E-state index >= 15 is 0 Å². The van der Waals surface area contributed by atoms with Gasteiger partial charge in [-0.1, -0.05) is 11.6 Å². The van der Waals surface area contributed by atoms with Gasteiger partial charge >= 0.3 is 6.61 Å². The van der Waals surface area contributed by atoms with Gasteiger partial charge in [0.05, 0.1) is 0 Å². The quantitative estimate of drug-likeness (QED) is 0.694. The van der Waals surface area contributed by atoms with Crippen LogP contribution in [0.1, 0.15) is 5.69 Å². The fourth-order valence-corrected chi connectivity index (χ4v) is 0.841. The average Bonchev–Trinajstić information content (AvgIpc) is 2.07. The molecule has 0 aliphatic carbocycles. The summed E-state index contributed by atoms with van der Waals surface area (Å²) >= 11 is 5.43. The molecule has 0 fully saturated rings. The molecule has 0 aromatic carbocycles. The van der Waals surface area contributed by atoms with Gasteiger partial charge < -0.3 is 4.74 Å². The molecule has 0 saturated carbocycles. The lowest BCUT2D eigenvalue weighted by Crippen LogP contribution is -2.04. The van der Waals surface area contributed by atoms with Gasteiger partial charge in [-0.3, -0.25) is 0 Å². The molecule has 13 heavy (non-hydrogen) atoms. The molecule has 0 unspecified atom stereocenters. The van der Waals surface area contributed by atoms with E-state index in [0.29, 0.717) is 0 Å². The molecule has 0 saturated heterocycles. The van der Waals surface area contributed by atoms with Crippen LogP contribution in [0.4, 0.5) is 8.78 Å². The Labute approximate surface area is 77.5 Å². The number of hydrogen-bond acceptors (Lipinski definition) is 3. The molecule has 0 atom stereocenters. The molecule has 0 N–H and O–H groups in total. The van der Waals surface area contributed by atoms with Crippen LogP contribution in [0, 0.1) is 11.3 Å². The molecule has 1 rings (SSSR count). The summed E-state index contributed by atoms with van der Waals surface area (Å²) in [5.74, 6) is -0.276. The zero-order chi connectivity index (χ0) is 9.84. The maximum atomic E-state index is 11.7. The van der Waals surface area contributed by atoms with Crippen molar-refractivity contribution < 1.29 is 13.5 Å². The Morgan fingerprint density at radius 1 is 1.54 bits per heavy atom. The summed E-state index contributed by atoms with van der Waals surface area (Å²) in [6.07, 6.45) is 0. The molecule has 0 aliphatic rings. The van der Waals surface area contributed by atoms with Crippen molar-refractivity contribution in [2.75, 3.05) is 0 Å². The molecule has 0 aliphatic heterocycles. The van der Waals surface area contributed by atoms with Gasteiger partial charge in [0.25, 0.3) is 0 Å². The molecule has 3 nitrogen and oxygen atoms in total. The smallest absolute Gasteiger partial charge is 0.387 e. The number of pyridine rings is 1. The highest BCUT2D eigenvalue weighted by atomic mass is 35.5. The molecular weight excluding hydrogens is 202 g/mol. The number of nitriles is 1. The number of hydrogen-bond donors (Lipinski definition) is 0. The summed E-state index contributed by atoms with van der Waals surface area (Å²) in [5.41, 5.74) is -0.257. The second-order valence-electron chi connectivity index (χ2n) is 1.97. The Kier molecular flexibility index (Phi) is 2.98. The Hall–Kier alpha value is -1.41. The van der Waals surface area contributed by atoms with Crippen molar-refractivity contribution in [3.63, 3.8) is 0 Å². The monoisotopic (exact) mass is 204 g/mol. The first-order valence-corrected chi connectivity index (χ1v) is 3.52. The number of alkyl halides is 2. The van der Waals surface area contributed by atoms with Crippen molar-refractivity contribution >= 4 is 11.6 Å². The van der Waals surface area contributed by atoms with E-state index in [1.54, 1.807) is 6.07 Å². The maximum Gasteiger partial charge on any atom is 0.387 e. The van der Waals surface area contributed by atoms with E-state index in [-0.39, 0.29) is 16.6 Å². The maximum absolute atomic E-state index is 11.7. The summed E-state index contributed by atoms with van der Waals surface area (Å²) in [7, 11) is 0.